The molecule has 0 aliphatic rings. The number of aromatic nitrogens is 2. The Hall–Kier alpha value is -2.74. The summed E-state index contributed by atoms with van der Waals surface area (Å²) in [5, 5.41) is 12.7. The van der Waals surface area contributed by atoms with E-state index in [-0.39, 0.29) is 18.0 Å². The van der Waals surface area contributed by atoms with Crippen molar-refractivity contribution in [2.24, 2.45) is 7.05 Å². The lowest BCUT2D eigenvalue weighted by Gasteiger charge is -2.00. The molecule has 0 aliphatic heterocycles. The van der Waals surface area contributed by atoms with Crippen LogP contribution in [0.3, 0.4) is 0 Å². The second-order valence-electron chi connectivity index (χ2n) is 4.12. The number of carbonyl (C=O) groups excluding carboxylic acids is 2. The lowest BCUT2D eigenvalue weighted by Crippen LogP contribution is -2.08. The van der Waals surface area contributed by atoms with Gasteiger partial charge in [-0.25, -0.2) is 0 Å². The van der Waals surface area contributed by atoms with Crippen molar-refractivity contribution in [3.8, 4) is 6.07 Å². The predicted molar refractivity (Wildman–Crippen MR) is 67.6 cm³/mol. The molecule has 2 rings (SSSR count). The Morgan fingerprint density at radius 2 is 2.05 bits per heavy atom. The van der Waals surface area contributed by atoms with Crippen LogP contribution in [-0.2, 0) is 7.05 Å². The molecule has 2 aromatic rings. The molecule has 0 saturated heterocycles. The molecule has 0 spiro atoms. The third-order valence-electron chi connectivity index (χ3n) is 2.66. The smallest absolute Gasteiger partial charge is 0.173 e. The average molecular weight is 253 g/mol. The zero-order chi connectivity index (χ0) is 13.8. The fourth-order valence-electron chi connectivity index (χ4n) is 1.68. The second-order valence-corrected chi connectivity index (χ2v) is 4.12. The van der Waals surface area contributed by atoms with Crippen LogP contribution in [0.25, 0.3) is 0 Å². The van der Waals surface area contributed by atoms with E-state index in [0.29, 0.717) is 16.7 Å². The molecule has 1 aromatic heterocycles. The van der Waals surface area contributed by atoms with Gasteiger partial charge in [0.15, 0.2) is 11.6 Å². The van der Waals surface area contributed by atoms with Gasteiger partial charge < -0.3 is 0 Å². The van der Waals surface area contributed by atoms with Crippen molar-refractivity contribution >= 4 is 11.6 Å². The van der Waals surface area contributed by atoms with Crippen LogP contribution in [0.4, 0.5) is 0 Å². The number of Topliss-reactive ketones (excluding diaryl/α,β-unsaturated/α-hetero) is 2. The Labute approximate surface area is 110 Å². The van der Waals surface area contributed by atoms with Crippen molar-refractivity contribution < 1.29 is 9.59 Å². The minimum atomic E-state index is -0.300. The number of aryl methyl sites for hydroxylation is 1. The Morgan fingerprint density at radius 1 is 1.32 bits per heavy atom. The first kappa shape index (κ1) is 12.7. The van der Waals surface area contributed by atoms with Crippen LogP contribution in [0.2, 0.25) is 0 Å². The van der Waals surface area contributed by atoms with Gasteiger partial charge in [-0.3, -0.25) is 14.3 Å². The van der Waals surface area contributed by atoms with Crippen LogP contribution in [-0.4, -0.2) is 21.3 Å². The summed E-state index contributed by atoms with van der Waals surface area (Å²) in [6, 6.07) is 8.28. The standard InChI is InChI=1S/C14H11N3O2/c1-17-9-12(8-16-17)14(19)6-13(18)11-4-2-3-10(5-11)7-15/h2-5,8-9H,6H2,1H3. The van der Waals surface area contributed by atoms with Gasteiger partial charge in [-0.2, -0.15) is 10.4 Å². The molecule has 5 heteroatoms. The van der Waals surface area contributed by atoms with Crippen molar-refractivity contribution in [1.29, 1.82) is 5.26 Å². The molecule has 1 heterocycles. The summed E-state index contributed by atoms with van der Waals surface area (Å²) in [7, 11) is 1.70. The molecule has 5 nitrogen and oxygen atoms in total. The molecule has 0 aliphatic carbocycles. The quantitative estimate of drug-likeness (QED) is 0.614. The van der Waals surface area contributed by atoms with E-state index >= 15 is 0 Å². The highest BCUT2D eigenvalue weighted by molar-refractivity contribution is 6.13. The van der Waals surface area contributed by atoms with E-state index in [4.69, 9.17) is 5.26 Å². The van der Waals surface area contributed by atoms with Gasteiger partial charge in [0.1, 0.15) is 0 Å². The molecule has 1 aromatic carbocycles. The number of nitrogens with zero attached hydrogens (tertiary/aromatic N) is 3. The zero-order valence-electron chi connectivity index (χ0n) is 10.3. The highest BCUT2D eigenvalue weighted by atomic mass is 16.1. The normalized spacial score (nSPS) is 9.89. The number of hydrogen-bond acceptors (Lipinski definition) is 4. The lowest BCUT2D eigenvalue weighted by atomic mass is 10.0. The summed E-state index contributed by atoms with van der Waals surface area (Å²) >= 11 is 0. The minimum absolute atomic E-state index is 0.222. The summed E-state index contributed by atoms with van der Waals surface area (Å²) in [6.07, 6.45) is 2.78. The number of hydrogen-bond donors (Lipinski definition) is 0. The van der Waals surface area contributed by atoms with Crippen LogP contribution >= 0.6 is 0 Å². The molecule has 0 radical (unpaired) electrons. The van der Waals surface area contributed by atoms with E-state index in [1.807, 2.05) is 6.07 Å². The number of rotatable bonds is 4. The Kier molecular flexibility index (Phi) is 3.53. The number of benzene rings is 1. The molecule has 0 fully saturated rings. The number of ketones is 2. The first-order chi connectivity index (χ1) is 9.10. The van der Waals surface area contributed by atoms with Gasteiger partial charge in [0.25, 0.3) is 0 Å². The number of carbonyl (C=O) groups is 2. The first-order valence-corrected chi connectivity index (χ1v) is 5.65. The van der Waals surface area contributed by atoms with Crippen LogP contribution < -0.4 is 0 Å². The summed E-state index contributed by atoms with van der Waals surface area (Å²) in [5.41, 5.74) is 1.18. The van der Waals surface area contributed by atoms with E-state index in [2.05, 4.69) is 5.10 Å². The second kappa shape index (κ2) is 5.27. The third kappa shape index (κ3) is 2.93. The maximum Gasteiger partial charge on any atom is 0.173 e. The largest absolute Gasteiger partial charge is 0.294 e. The molecular weight excluding hydrogens is 242 g/mol. The highest BCUT2D eigenvalue weighted by Gasteiger charge is 2.15. The van der Waals surface area contributed by atoms with E-state index in [9.17, 15) is 9.59 Å². The van der Waals surface area contributed by atoms with Crippen LogP contribution in [0.1, 0.15) is 32.7 Å². The number of nitriles is 1. The average Bonchev–Trinajstić information content (AvgIpc) is 2.85. The predicted octanol–water partition coefficient (Wildman–Crippen LogP) is 1.75. The van der Waals surface area contributed by atoms with Crippen LogP contribution in [0.15, 0.2) is 36.7 Å². The molecule has 0 N–H and O–H groups in total. The molecule has 19 heavy (non-hydrogen) atoms. The maximum absolute atomic E-state index is 11.9. The Morgan fingerprint density at radius 3 is 2.68 bits per heavy atom. The van der Waals surface area contributed by atoms with Crippen molar-refractivity contribution in [2.75, 3.05) is 0 Å². The Bertz CT molecular complexity index is 680. The van der Waals surface area contributed by atoms with Gasteiger partial charge in [0.2, 0.25) is 0 Å². The fourth-order valence-corrected chi connectivity index (χ4v) is 1.68. The molecule has 0 atom stereocenters. The van der Waals surface area contributed by atoms with E-state index in [1.165, 1.54) is 16.9 Å². The van der Waals surface area contributed by atoms with E-state index in [0.717, 1.165) is 0 Å². The molecule has 94 valence electrons. The van der Waals surface area contributed by atoms with Gasteiger partial charge in [-0.1, -0.05) is 12.1 Å². The van der Waals surface area contributed by atoms with Crippen LogP contribution in [0.5, 0.6) is 0 Å². The molecular formula is C14H11N3O2. The molecule has 0 bridgehead atoms. The molecule has 0 amide bonds. The summed E-state index contributed by atoms with van der Waals surface area (Å²) in [6.45, 7) is 0. The lowest BCUT2D eigenvalue weighted by molar-refractivity contribution is 0.0894. The van der Waals surface area contributed by atoms with Gasteiger partial charge in [0.05, 0.1) is 29.8 Å². The van der Waals surface area contributed by atoms with Crippen molar-refractivity contribution in [3.63, 3.8) is 0 Å². The summed E-state index contributed by atoms with van der Waals surface area (Å²) in [4.78, 5) is 23.8. The molecule has 0 saturated carbocycles. The van der Waals surface area contributed by atoms with Crippen LogP contribution in [0, 0.1) is 11.3 Å². The van der Waals surface area contributed by atoms with Crippen molar-refractivity contribution in [2.45, 2.75) is 6.42 Å². The highest BCUT2D eigenvalue weighted by Crippen LogP contribution is 2.10. The topological polar surface area (TPSA) is 75.8 Å². The van der Waals surface area contributed by atoms with E-state index in [1.54, 1.807) is 31.4 Å². The van der Waals surface area contributed by atoms with Crippen molar-refractivity contribution in [3.05, 3.63) is 53.3 Å². The monoisotopic (exact) mass is 253 g/mol. The summed E-state index contributed by atoms with van der Waals surface area (Å²) in [5.74, 6) is -0.577. The van der Waals surface area contributed by atoms with Crippen molar-refractivity contribution in [1.82, 2.24) is 9.78 Å². The third-order valence-corrected chi connectivity index (χ3v) is 2.66. The fraction of sp³-hybridized carbons (Fsp3) is 0.143. The SMILES string of the molecule is Cn1cc(C(=O)CC(=O)c2cccc(C#N)c2)cn1. The first-order valence-electron chi connectivity index (χ1n) is 5.65. The van der Waals surface area contributed by atoms with Gasteiger partial charge in [-0.05, 0) is 12.1 Å². The van der Waals surface area contributed by atoms with Gasteiger partial charge >= 0.3 is 0 Å². The Balaban J connectivity index is 2.13. The van der Waals surface area contributed by atoms with E-state index < -0.39 is 0 Å². The summed E-state index contributed by atoms with van der Waals surface area (Å²) < 4.78 is 1.51. The maximum atomic E-state index is 11.9. The zero-order valence-corrected chi connectivity index (χ0v) is 10.3. The molecule has 0 unspecified atom stereocenters. The van der Waals surface area contributed by atoms with Gasteiger partial charge in [-0.15, -0.1) is 0 Å². The minimum Gasteiger partial charge on any atom is -0.294 e. The van der Waals surface area contributed by atoms with Gasteiger partial charge in [0, 0.05) is 18.8 Å².